The highest BCUT2D eigenvalue weighted by Crippen LogP contribution is 2.15. The number of amides is 1. The number of nitrogens with one attached hydrogen (secondary N) is 2. The molecule has 24 heavy (non-hydrogen) atoms. The summed E-state index contributed by atoms with van der Waals surface area (Å²) in [6.07, 6.45) is 0.0217. The highest BCUT2D eigenvalue weighted by atomic mass is 79.9. The average molecular weight is 388 g/mol. The maximum Gasteiger partial charge on any atom is 0.328 e. The summed E-state index contributed by atoms with van der Waals surface area (Å²) < 4.78 is 1.89. The number of carbonyl (C=O) groups is 1. The van der Waals surface area contributed by atoms with Gasteiger partial charge in [-0.05, 0) is 30.3 Å². The lowest BCUT2D eigenvalue weighted by atomic mass is 10.2. The lowest BCUT2D eigenvalue weighted by Crippen LogP contribution is -2.36. The lowest BCUT2D eigenvalue weighted by molar-refractivity contribution is -0.116. The topological polar surface area (TPSA) is 84.0 Å². The van der Waals surface area contributed by atoms with E-state index in [-0.39, 0.29) is 18.9 Å². The molecule has 0 radical (unpaired) electrons. The molecule has 0 aliphatic carbocycles. The predicted octanol–water partition coefficient (Wildman–Crippen LogP) is 2.48. The van der Waals surface area contributed by atoms with Gasteiger partial charge in [-0.3, -0.25) is 14.2 Å². The zero-order valence-corrected chi connectivity index (χ0v) is 14.2. The van der Waals surface area contributed by atoms with Gasteiger partial charge in [0.1, 0.15) is 0 Å². The van der Waals surface area contributed by atoms with Gasteiger partial charge in [0.15, 0.2) is 0 Å². The summed E-state index contributed by atoms with van der Waals surface area (Å²) in [5, 5.41) is 3.15. The molecule has 0 saturated heterocycles. The van der Waals surface area contributed by atoms with Crippen LogP contribution in [0.3, 0.4) is 0 Å². The second kappa shape index (κ2) is 6.84. The number of fused-ring (bicyclic) bond motifs is 1. The van der Waals surface area contributed by atoms with Gasteiger partial charge in [0, 0.05) is 23.1 Å². The quantitative estimate of drug-likeness (QED) is 0.720. The van der Waals surface area contributed by atoms with Gasteiger partial charge in [0.25, 0.3) is 5.56 Å². The number of para-hydroxylation sites is 1. The number of hydrogen-bond acceptors (Lipinski definition) is 3. The number of aromatic amines is 1. The van der Waals surface area contributed by atoms with Gasteiger partial charge in [-0.2, -0.15) is 0 Å². The predicted molar refractivity (Wildman–Crippen MR) is 96.2 cm³/mol. The number of aromatic nitrogens is 2. The van der Waals surface area contributed by atoms with Crippen molar-refractivity contribution in [3.8, 4) is 0 Å². The normalized spacial score (nSPS) is 10.7. The number of nitrogens with zero attached hydrogens (tertiary/aromatic N) is 1. The molecular weight excluding hydrogens is 374 g/mol. The highest BCUT2D eigenvalue weighted by Gasteiger charge is 2.09. The zero-order valence-electron chi connectivity index (χ0n) is 12.6. The van der Waals surface area contributed by atoms with Gasteiger partial charge in [-0.25, -0.2) is 4.79 Å². The summed E-state index contributed by atoms with van der Waals surface area (Å²) in [6.45, 7) is 0.0127. The molecule has 1 amide bonds. The first kappa shape index (κ1) is 16.2. The monoisotopic (exact) mass is 387 g/mol. The Bertz CT molecular complexity index is 1020. The van der Waals surface area contributed by atoms with E-state index in [9.17, 15) is 14.4 Å². The van der Waals surface area contributed by atoms with Crippen molar-refractivity contribution >= 4 is 38.4 Å². The molecule has 0 spiro atoms. The number of anilines is 1. The minimum atomic E-state index is -0.519. The summed E-state index contributed by atoms with van der Waals surface area (Å²) >= 11 is 3.33. The van der Waals surface area contributed by atoms with Crippen molar-refractivity contribution < 1.29 is 4.79 Å². The Labute approximate surface area is 145 Å². The van der Waals surface area contributed by atoms with E-state index in [1.807, 2.05) is 6.07 Å². The summed E-state index contributed by atoms with van der Waals surface area (Å²) in [5.41, 5.74) is 0.218. The molecule has 0 fully saturated rings. The van der Waals surface area contributed by atoms with Crippen LogP contribution in [0.4, 0.5) is 5.69 Å². The number of benzene rings is 2. The molecule has 0 atom stereocenters. The van der Waals surface area contributed by atoms with E-state index >= 15 is 0 Å². The Morgan fingerprint density at radius 2 is 1.92 bits per heavy atom. The summed E-state index contributed by atoms with van der Waals surface area (Å²) in [7, 11) is 0. The molecule has 0 saturated carbocycles. The lowest BCUT2D eigenvalue weighted by Gasteiger charge is -2.08. The first-order chi connectivity index (χ1) is 11.5. The summed E-state index contributed by atoms with van der Waals surface area (Å²) in [6, 6.07) is 14.0. The van der Waals surface area contributed by atoms with Gasteiger partial charge < -0.3 is 10.3 Å². The van der Waals surface area contributed by atoms with Crippen molar-refractivity contribution in [1.82, 2.24) is 9.55 Å². The Morgan fingerprint density at radius 3 is 2.71 bits per heavy atom. The largest absolute Gasteiger partial charge is 0.328 e. The van der Waals surface area contributed by atoms with E-state index in [0.717, 1.165) is 9.04 Å². The van der Waals surface area contributed by atoms with Crippen LogP contribution in [0.2, 0.25) is 0 Å². The Kier molecular flexibility index (Phi) is 4.61. The molecule has 1 heterocycles. The third kappa shape index (κ3) is 3.46. The fourth-order valence-corrected chi connectivity index (χ4v) is 2.80. The molecule has 0 aliphatic heterocycles. The molecule has 122 valence electrons. The molecule has 0 aliphatic rings. The van der Waals surface area contributed by atoms with Crippen molar-refractivity contribution in [2.24, 2.45) is 0 Å². The van der Waals surface area contributed by atoms with E-state index in [0.29, 0.717) is 16.6 Å². The van der Waals surface area contributed by atoms with Crippen LogP contribution in [0.15, 0.2) is 62.6 Å². The van der Waals surface area contributed by atoms with E-state index in [4.69, 9.17) is 0 Å². The molecule has 0 unspecified atom stereocenters. The Morgan fingerprint density at radius 1 is 1.12 bits per heavy atom. The summed E-state index contributed by atoms with van der Waals surface area (Å²) in [4.78, 5) is 39.1. The second-order valence-electron chi connectivity index (χ2n) is 5.24. The van der Waals surface area contributed by atoms with Crippen molar-refractivity contribution in [2.75, 3.05) is 5.32 Å². The van der Waals surface area contributed by atoms with Crippen LogP contribution in [0.5, 0.6) is 0 Å². The SMILES string of the molecule is O=C(CCn1c(=O)[nH]c2ccccc2c1=O)Nc1cccc(Br)c1. The number of H-pyrrole nitrogens is 1. The first-order valence-corrected chi connectivity index (χ1v) is 8.11. The standard InChI is InChI=1S/C17H14BrN3O3/c18-11-4-3-5-12(10-11)19-15(22)8-9-21-16(23)13-6-1-2-7-14(13)20-17(21)24/h1-7,10H,8-9H2,(H,19,22)(H,20,24). The molecule has 6 nitrogen and oxygen atoms in total. The molecule has 7 heteroatoms. The first-order valence-electron chi connectivity index (χ1n) is 7.32. The van der Waals surface area contributed by atoms with Gasteiger partial charge in [0.05, 0.1) is 10.9 Å². The molecule has 3 rings (SSSR count). The van der Waals surface area contributed by atoms with Crippen LogP contribution >= 0.6 is 15.9 Å². The average Bonchev–Trinajstić information content (AvgIpc) is 2.54. The summed E-state index contributed by atoms with van der Waals surface area (Å²) in [5.74, 6) is -0.271. The highest BCUT2D eigenvalue weighted by molar-refractivity contribution is 9.10. The van der Waals surface area contributed by atoms with Crippen molar-refractivity contribution in [3.63, 3.8) is 0 Å². The molecule has 1 aromatic heterocycles. The molecule has 2 N–H and O–H groups in total. The minimum absolute atomic E-state index is 0.0127. The van der Waals surface area contributed by atoms with Crippen molar-refractivity contribution in [2.45, 2.75) is 13.0 Å². The Balaban J connectivity index is 1.77. The van der Waals surface area contributed by atoms with E-state index in [2.05, 4.69) is 26.2 Å². The fraction of sp³-hybridized carbons (Fsp3) is 0.118. The molecule has 0 bridgehead atoms. The van der Waals surface area contributed by atoms with Gasteiger partial charge in [-0.1, -0.05) is 34.1 Å². The van der Waals surface area contributed by atoms with Crippen LogP contribution in [0, 0.1) is 0 Å². The van der Waals surface area contributed by atoms with Crippen LogP contribution in [-0.2, 0) is 11.3 Å². The third-order valence-corrected chi connectivity index (χ3v) is 4.05. The van der Waals surface area contributed by atoms with Gasteiger partial charge in [0.2, 0.25) is 5.91 Å². The van der Waals surface area contributed by atoms with E-state index < -0.39 is 11.2 Å². The number of hydrogen-bond donors (Lipinski definition) is 2. The molecule has 3 aromatic rings. The number of halogens is 1. The van der Waals surface area contributed by atoms with Crippen molar-refractivity contribution in [1.29, 1.82) is 0 Å². The Hall–Kier alpha value is -2.67. The molecule has 2 aromatic carbocycles. The maximum absolute atomic E-state index is 12.4. The van der Waals surface area contributed by atoms with Crippen LogP contribution in [-0.4, -0.2) is 15.5 Å². The number of carbonyl (C=O) groups excluding carboxylic acids is 1. The van der Waals surface area contributed by atoms with Crippen molar-refractivity contribution in [3.05, 3.63) is 73.8 Å². The van der Waals surface area contributed by atoms with Gasteiger partial charge in [-0.15, -0.1) is 0 Å². The third-order valence-electron chi connectivity index (χ3n) is 3.56. The zero-order chi connectivity index (χ0) is 17.1. The van der Waals surface area contributed by atoms with Crippen LogP contribution < -0.4 is 16.6 Å². The van der Waals surface area contributed by atoms with E-state index in [1.165, 1.54) is 0 Å². The van der Waals surface area contributed by atoms with Crippen LogP contribution in [0.1, 0.15) is 6.42 Å². The second-order valence-corrected chi connectivity index (χ2v) is 6.16. The smallest absolute Gasteiger partial charge is 0.326 e. The van der Waals surface area contributed by atoms with Gasteiger partial charge >= 0.3 is 5.69 Å². The van der Waals surface area contributed by atoms with Crippen LogP contribution in [0.25, 0.3) is 10.9 Å². The fourth-order valence-electron chi connectivity index (χ4n) is 2.41. The molecular formula is C17H14BrN3O3. The maximum atomic E-state index is 12.4. The minimum Gasteiger partial charge on any atom is -0.326 e. The van der Waals surface area contributed by atoms with E-state index in [1.54, 1.807) is 42.5 Å². The number of rotatable bonds is 4.